The summed E-state index contributed by atoms with van der Waals surface area (Å²) in [6.07, 6.45) is 1.41. The van der Waals surface area contributed by atoms with E-state index in [0.717, 1.165) is 17.7 Å². The van der Waals surface area contributed by atoms with Gasteiger partial charge in [0.2, 0.25) is 11.8 Å². The van der Waals surface area contributed by atoms with Crippen LogP contribution >= 0.6 is 0 Å². The number of urea groups is 1. The van der Waals surface area contributed by atoms with Gasteiger partial charge in [-0.15, -0.1) is 0 Å². The molecule has 30 heavy (non-hydrogen) atoms. The second kappa shape index (κ2) is 12.3. The SMILES string of the molecule is C=C1CNCCOc2ccccc2CCCNC(=O)C(CNC(N)=O)NC(=O)CN1. The fourth-order valence-electron chi connectivity index (χ4n) is 2.86. The Bertz CT molecular complexity index is 755. The quantitative estimate of drug-likeness (QED) is 0.362. The van der Waals surface area contributed by atoms with E-state index in [1.165, 1.54) is 0 Å². The Morgan fingerprint density at radius 1 is 1.20 bits per heavy atom. The van der Waals surface area contributed by atoms with Crippen LogP contribution in [0.5, 0.6) is 5.75 Å². The Hall–Kier alpha value is -3.27. The highest BCUT2D eigenvalue weighted by Crippen LogP contribution is 2.19. The molecule has 164 valence electrons. The number of aryl methyl sites for hydroxylation is 1. The molecule has 0 spiro atoms. The van der Waals surface area contributed by atoms with E-state index in [1.54, 1.807) is 0 Å². The Kier molecular flexibility index (Phi) is 9.46. The van der Waals surface area contributed by atoms with E-state index < -0.39 is 23.9 Å². The van der Waals surface area contributed by atoms with Crippen molar-refractivity contribution >= 4 is 17.8 Å². The molecule has 1 atom stereocenters. The van der Waals surface area contributed by atoms with Gasteiger partial charge in [0.25, 0.3) is 0 Å². The van der Waals surface area contributed by atoms with Crippen molar-refractivity contribution in [3.05, 3.63) is 42.1 Å². The fourth-order valence-corrected chi connectivity index (χ4v) is 2.86. The van der Waals surface area contributed by atoms with Crippen molar-refractivity contribution < 1.29 is 19.1 Å². The summed E-state index contributed by atoms with van der Waals surface area (Å²) in [5, 5.41) is 13.8. The van der Waals surface area contributed by atoms with E-state index in [-0.39, 0.29) is 13.1 Å². The Morgan fingerprint density at radius 2 is 2.00 bits per heavy atom. The molecular formula is C20H30N6O4. The summed E-state index contributed by atoms with van der Waals surface area (Å²) in [7, 11) is 0. The van der Waals surface area contributed by atoms with Crippen LogP contribution in [0.15, 0.2) is 36.5 Å². The molecule has 0 fully saturated rings. The zero-order chi connectivity index (χ0) is 21.8. The Morgan fingerprint density at radius 3 is 2.80 bits per heavy atom. The topological polar surface area (TPSA) is 147 Å². The summed E-state index contributed by atoms with van der Waals surface area (Å²) >= 11 is 0. The van der Waals surface area contributed by atoms with Gasteiger partial charge in [-0.25, -0.2) is 4.79 Å². The molecule has 7 N–H and O–H groups in total. The molecule has 1 aromatic rings. The highest BCUT2D eigenvalue weighted by atomic mass is 16.5. The lowest BCUT2D eigenvalue weighted by molar-refractivity contribution is -0.128. The standard InChI is InChI=1S/C20H30N6O4/c1-14-11-22-9-10-30-17-7-3-2-5-15(17)6-4-8-23-19(28)16(12-25-20(21)29)26-18(27)13-24-14/h2-3,5,7,16,22,24H,1,4,6,8-13H2,(H,23,28)(H,26,27)(H3,21,25,29). The van der Waals surface area contributed by atoms with E-state index in [4.69, 9.17) is 10.5 Å². The molecule has 1 aliphatic heterocycles. The van der Waals surface area contributed by atoms with Gasteiger partial charge in [-0.05, 0) is 24.5 Å². The Balaban J connectivity index is 2.04. The van der Waals surface area contributed by atoms with Crippen molar-refractivity contribution in [2.75, 3.05) is 39.3 Å². The largest absolute Gasteiger partial charge is 0.492 e. The number of benzene rings is 1. The first-order valence-corrected chi connectivity index (χ1v) is 9.89. The smallest absolute Gasteiger partial charge is 0.312 e. The van der Waals surface area contributed by atoms with Crippen LogP contribution in [0.3, 0.4) is 0 Å². The average molecular weight is 418 g/mol. The molecule has 0 saturated carbocycles. The molecule has 0 aromatic heterocycles. The van der Waals surface area contributed by atoms with Crippen molar-refractivity contribution in [1.82, 2.24) is 26.6 Å². The molecule has 1 aliphatic rings. The van der Waals surface area contributed by atoms with E-state index >= 15 is 0 Å². The second-order valence-electron chi connectivity index (χ2n) is 6.85. The molecule has 0 radical (unpaired) electrons. The predicted molar refractivity (Wildman–Crippen MR) is 113 cm³/mol. The van der Waals surface area contributed by atoms with Crippen LogP contribution in [0.4, 0.5) is 4.79 Å². The number of carbonyl (C=O) groups is 3. The number of rotatable bonds is 2. The van der Waals surface area contributed by atoms with Gasteiger partial charge < -0.3 is 37.1 Å². The number of ether oxygens (including phenoxy) is 1. The van der Waals surface area contributed by atoms with E-state index in [1.807, 2.05) is 24.3 Å². The minimum atomic E-state index is -0.937. The monoisotopic (exact) mass is 418 g/mol. The first-order chi connectivity index (χ1) is 14.5. The minimum absolute atomic E-state index is 0.0509. The van der Waals surface area contributed by atoms with Gasteiger partial charge in [-0.3, -0.25) is 9.59 Å². The van der Waals surface area contributed by atoms with Crippen LogP contribution in [0, 0.1) is 0 Å². The summed E-state index contributed by atoms with van der Waals surface area (Å²) in [6.45, 7) is 5.70. The first kappa shape index (κ1) is 23.0. The van der Waals surface area contributed by atoms with Crippen LogP contribution in [0.1, 0.15) is 12.0 Å². The molecule has 0 aliphatic carbocycles. The summed E-state index contributed by atoms with van der Waals surface area (Å²) in [4.78, 5) is 35.7. The van der Waals surface area contributed by atoms with Gasteiger partial charge in [0, 0.05) is 31.9 Å². The molecule has 10 heteroatoms. The first-order valence-electron chi connectivity index (χ1n) is 9.89. The lowest BCUT2D eigenvalue weighted by Crippen LogP contribution is -2.54. The van der Waals surface area contributed by atoms with Crippen LogP contribution in [0.2, 0.25) is 0 Å². The van der Waals surface area contributed by atoms with Gasteiger partial charge in [-0.2, -0.15) is 0 Å². The summed E-state index contributed by atoms with van der Waals surface area (Å²) in [5.41, 5.74) is 6.77. The normalized spacial score (nSPS) is 19.6. The maximum Gasteiger partial charge on any atom is 0.312 e. The number of hydrogen-bond donors (Lipinski definition) is 6. The van der Waals surface area contributed by atoms with Crippen molar-refractivity contribution in [1.29, 1.82) is 0 Å². The van der Waals surface area contributed by atoms with Crippen molar-refractivity contribution in [2.24, 2.45) is 5.73 Å². The van der Waals surface area contributed by atoms with Crippen molar-refractivity contribution in [3.63, 3.8) is 0 Å². The number of nitrogens with two attached hydrogens (primary N) is 1. The molecule has 0 saturated heterocycles. The predicted octanol–water partition coefficient (Wildman–Crippen LogP) is -1.03. The second-order valence-corrected chi connectivity index (χ2v) is 6.85. The number of para-hydroxylation sites is 1. The maximum atomic E-state index is 12.5. The highest BCUT2D eigenvalue weighted by Gasteiger charge is 2.21. The number of primary amides is 1. The van der Waals surface area contributed by atoms with Crippen molar-refractivity contribution in [3.8, 4) is 5.75 Å². The molecule has 0 bridgehead atoms. The number of hydrogen-bond acceptors (Lipinski definition) is 6. The molecular weight excluding hydrogens is 388 g/mol. The van der Waals surface area contributed by atoms with Gasteiger partial charge in [0.05, 0.1) is 6.54 Å². The van der Waals surface area contributed by atoms with Gasteiger partial charge in [0.1, 0.15) is 18.4 Å². The number of carbonyl (C=O) groups excluding carboxylic acids is 3. The third-order valence-corrected chi connectivity index (χ3v) is 4.40. The van der Waals surface area contributed by atoms with E-state index in [9.17, 15) is 14.4 Å². The third kappa shape index (κ3) is 8.39. The average Bonchev–Trinajstić information content (AvgIpc) is 2.72. The molecule has 2 rings (SSSR count). The molecule has 1 heterocycles. The van der Waals surface area contributed by atoms with E-state index in [0.29, 0.717) is 38.4 Å². The lowest BCUT2D eigenvalue weighted by Gasteiger charge is -2.20. The van der Waals surface area contributed by atoms with Gasteiger partial charge in [0.15, 0.2) is 0 Å². The van der Waals surface area contributed by atoms with Crippen molar-refractivity contribution in [2.45, 2.75) is 18.9 Å². The minimum Gasteiger partial charge on any atom is -0.492 e. The van der Waals surface area contributed by atoms with Crippen LogP contribution in [-0.2, 0) is 16.0 Å². The summed E-state index contributed by atoms with van der Waals surface area (Å²) in [5.74, 6) is 0.0173. The lowest BCUT2D eigenvalue weighted by atomic mass is 10.1. The molecule has 1 unspecified atom stereocenters. The van der Waals surface area contributed by atoms with Crippen LogP contribution < -0.4 is 37.1 Å². The zero-order valence-corrected chi connectivity index (χ0v) is 17.0. The zero-order valence-electron chi connectivity index (χ0n) is 17.0. The van der Waals surface area contributed by atoms with E-state index in [2.05, 4.69) is 33.2 Å². The fraction of sp³-hybridized carbons (Fsp3) is 0.450. The van der Waals surface area contributed by atoms with Gasteiger partial charge >= 0.3 is 6.03 Å². The Labute approximate surface area is 176 Å². The van der Waals surface area contributed by atoms with Crippen LogP contribution in [0.25, 0.3) is 0 Å². The highest BCUT2D eigenvalue weighted by molar-refractivity contribution is 5.89. The third-order valence-electron chi connectivity index (χ3n) is 4.40. The maximum absolute atomic E-state index is 12.5. The number of amides is 4. The summed E-state index contributed by atoms with van der Waals surface area (Å²) < 4.78 is 5.86. The molecule has 10 nitrogen and oxygen atoms in total. The molecule has 1 aromatic carbocycles. The van der Waals surface area contributed by atoms with Crippen LogP contribution in [-0.4, -0.2) is 63.2 Å². The molecule has 4 amide bonds. The summed E-state index contributed by atoms with van der Waals surface area (Å²) in [6, 6.07) is 6.08. The number of nitrogens with one attached hydrogen (secondary N) is 5. The number of fused-ring (bicyclic) bond motifs is 1. The van der Waals surface area contributed by atoms with Gasteiger partial charge in [-0.1, -0.05) is 24.8 Å².